The van der Waals surface area contributed by atoms with E-state index in [1.165, 1.54) is 11.3 Å². The van der Waals surface area contributed by atoms with Gasteiger partial charge in [0, 0.05) is 5.41 Å². The van der Waals surface area contributed by atoms with E-state index in [0.29, 0.717) is 18.1 Å². The summed E-state index contributed by atoms with van der Waals surface area (Å²) < 4.78 is 11.2. The zero-order valence-corrected chi connectivity index (χ0v) is 9.67. The molecule has 1 aromatic heterocycles. The molecule has 0 spiro atoms. The predicted molar refractivity (Wildman–Crippen MR) is 58.1 cm³/mol. The van der Waals surface area contributed by atoms with Crippen molar-refractivity contribution >= 4 is 17.6 Å². The second-order valence-electron chi connectivity index (χ2n) is 4.48. The van der Waals surface area contributed by atoms with E-state index in [9.17, 15) is 4.79 Å². The Balaban J connectivity index is 2.04. The van der Waals surface area contributed by atoms with Gasteiger partial charge in [-0.25, -0.2) is 0 Å². The first-order valence-electron chi connectivity index (χ1n) is 4.89. The van der Waals surface area contributed by atoms with E-state index in [0.717, 1.165) is 11.2 Å². The molecule has 2 heterocycles. The van der Waals surface area contributed by atoms with Gasteiger partial charge in [0.25, 0.3) is 0 Å². The molecule has 0 aromatic carbocycles. The summed E-state index contributed by atoms with van der Waals surface area (Å²) in [4.78, 5) is 12.2. The molecular formula is C11H14O3S. The molecule has 2 rings (SSSR count). The molecular weight excluding hydrogens is 212 g/mol. The van der Waals surface area contributed by atoms with Crippen LogP contribution in [0.3, 0.4) is 0 Å². The molecule has 0 unspecified atom stereocenters. The van der Waals surface area contributed by atoms with Crippen molar-refractivity contribution in [3.63, 3.8) is 0 Å². The van der Waals surface area contributed by atoms with Crippen molar-refractivity contribution in [2.75, 3.05) is 13.2 Å². The molecule has 82 valence electrons. The van der Waals surface area contributed by atoms with Crippen LogP contribution in [0.1, 0.15) is 34.7 Å². The minimum atomic E-state index is -0.295. The quantitative estimate of drug-likeness (QED) is 0.727. The Kier molecular flexibility index (Phi) is 2.91. The first-order valence-corrected chi connectivity index (χ1v) is 5.70. The number of rotatable bonds is 2. The van der Waals surface area contributed by atoms with Crippen LogP contribution < -0.4 is 0 Å². The molecule has 1 aliphatic rings. The van der Waals surface area contributed by atoms with Crippen molar-refractivity contribution in [3.8, 4) is 0 Å². The average molecular weight is 226 g/mol. The van der Waals surface area contributed by atoms with Gasteiger partial charge in [-0.2, -0.15) is 0 Å². The van der Waals surface area contributed by atoms with Gasteiger partial charge in [0.05, 0.1) is 23.0 Å². The van der Waals surface area contributed by atoms with Crippen LogP contribution in [0.5, 0.6) is 0 Å². The highest BCUT2D eigenvalue weighted by atomic mass is 32.1. The lowest BCUT2D eigenvalue weighted by Crippen LogP contribution is -2.33. The summed E-state index contributed by atoms with van der Waals surface area (Å²) in [7, 11) is 0. The van der Waals surface area contributed by atoms with Gasteiger partial charge in [-0.3, -0.25) is 4.79 Å². The summed E-state index contributed by atoms with van der Waals surface area (Å²) in [6, 6.07) is 3.68. The maximum atomic E-state index is 10.5. The van der Waals surface area contributed by atoms with Crippen molar-refractivity contribution in [1.29, 1.82) is 0 Å². The summed E-state index contributed by atoms with van der Waals surface area (Å²) >= 11 is 1.42. The Morgan fingerprint density at radius 2 is 2.07 bits per heavy atom. The van der Waals surface area contributed by atoms with E-state index in [2.05, 4.69) is 13.8 Å². The van der Waals surface area contributed by atoms with Crippen molar-refractivity contribution in [3.05, 3.63) is 21.9 Å². The number of ether oxygens (including phenoxy) is 2. The topological polar surface area (TPSA) is 35.5 Å². The van der Waals surface area contributed by atoms with Crippen LogP contribution in [0.15, 0.2) is 12.1 Å². The average Bonchev–Trinajstić information content (AvgIpc) is 2.66. The van der Waals surface area contributed by atoms with Crippen molar-refractivity contribution < 1.29 is 14.3 Å². The molecule has 0 N–H and O–H groups in total. The zero-order chi connectivity index (χ0) is 10.9. The number of thiophene rings is 1. The molecule has 4 heteroatoms. The molecule has 1 aliphatic heterocycles. The Morgan fingerprint density at radius 3 is 2.60 bits per heavy atom. The Hall–Kier alpha value is -0.710. The first-order chi connectivity index (χ1) is 7.11. The molecule has 0 atom stereocenters. The van der Waals surface area contributed by atoms with E-state index in [4.69, 9.17) is 9.47 Å². The van der Waals surface area contributed by atoms with E-state index in [1.54, 1.807) is 6.07 Å². The molecule has 15 heavy (non-hydrogen) atoms. The van der Waals surface area contributed by atoms with E-state index in [-0.39, 0.29) is 11.7 Å². The second kappa shape index (κ2) is 4.04. The normalized spacial score (nSPS) is 21.5. The summed E-state index contributed by atoms with van der Waals surface area (Å²) in [6.45, 7) is 5.58. The van der Waals surface area contributed by atoms with Gasteiger partial charge in [0.15, 0.2) is 12.6 Å². The highest BCUT2D eigenvalue weighted by Crippen LogP contribution is 2.33. The number of aldehydes is 1. The predicted octanol–water partition coefficient (Wildman–Crippen LogP) is 2.63. The minimum Gasteiger partial charge on any atom is -0.347 e. The SMILES string of the molecule is CC1(C)COC(c2ccc(C=O)s2)OC1. The lowest BCUT2D eigenvalue weighted by Gasteiger charge is -2.34. The Labute approximate surface area is 93.0 Å². The van der Waals surface area contributed by atoms with Gasteiger partial charge in [-0.15, -0.1) is 11.3 Å². The summed E-state index contributed by atoms with van der Waals surface area (Å²) in [5.41, 5.74) is 0.0846. The van der Waals surface area contributed by atoms with Crippen molar-refractivity contribution in [2.24, 2.45) is 5.41 Å². The smallest absolute Gasteiger partial charge is 0.193 e. The maximum absolute atomic E-state index is 10.5. The maximum Gasteiger partial charge on any atom is 0.193 e. The monoisotopic (exact) mass is 226 g/mol. The fourth-order valence-corrected chi connectivity index (χ4v) is 2.24. The molecule has 0 aliphatic carbocycles. The van der Waals surface area contributed by atoms with Gasteiger partial charge >= 0.3 is 0 Å². The summed E-state index contributed by atoms with van der Waals surface area (Å²) in [5.74, 6) is 0. The van der Waals surface area contributed by atoms with Gasteiger partial charge in [-0.1, -0.05) is 13.8 Å². The van der Waals surface area contributed by atoms with Crippen LogP contribution >= 0.6 is 11.3 Å². The van der Waals surface area contributed by atoms with Gasteiger partial charge in [0.2, 0.25) is 0 Å². The van der Waals surface area contributed by atoms with Crippen molar-refractivity contribution in [2.45, 2.75) is 20.1 Å². The summed E-state index contributed by atoms with van der Waals surface area (Å²) in [6.07, 6.45) is 0.553. The van der Waals surface area contributed by atoms with Crippen molar-refractivity contribution in [1.82, 2.24) is 0 Å². The van der Waals surface area contributed by atoms with E-state index in [1.807, 2.05) is 6.07 Å². The van der Waals surface area contributed by atoms with Gasteiger partial charge in [-0.05, 0) is 12.1 Å². The third-order valence-electron chi connectivity index (χ3n) is 2.25. The third-order valence-corrected chi connectivity index (χ3v) is 3.28. The van der Waals surface area contributed by atoms with E-state index < -0.39 is 0 Å². The van der Waals surface area contributed by atoms with E-state index >= 15 is 0 Å². The fraction of sp³-hybridized carbons (Fsp3) is 0.545. The van der Waals surface area contributed by atoms with Crippen LogP contribution in [-0.4, -0.2) is 19.5 Å². The van der Waals surface area contributed by atoms with Crippen LogP contribution in [0, 0.1) is 5.41 Å². The number of carbonyl (C=O) groups is 1. The molecule has 0 saturated carbocycles. The second-order valence-corrected chi connectivity index (χ2v) is 5.62. The lowest BCUT2D eigenvalue weighted by atomic mass is 9.96. The number of hydrogen-bond donors (Lipinski definition) is 0. The molecule has 0 bridgehead atoms. The van der Waals surface area contributed by atoms with Crippen LogP contribution in [0.2, 0.25) is 0 Å². The van der Waals surface area contributed by atoms with Gasteiger partial charge < -0.3 is 9.47 Å². The van der Waals surface area contributed by atoms with Crippen LogP contribution in [-0.2, 0) is 9.47 Å². The molecule has 1 saturated heterocycles. The third kappa shape index (κ3) is 2.45. The molecule has 3 nitrogen and oxygen atoms in total. The van der Waals surface area contributed by atoms with Crippen LogP contribution in [0.4, 0.5) is 0 Å². The summed E-state index contributed by atoms with van der Waals surface area (Å²) in [5, 5.41) is 0. The fourth-order valence-electron chi connectivity index (χ4n) is 1.42. The van der Waals surface area contributed by atoms with Crippen LogP contribution in [0.25, 0.3) is 0 Å². The number of hydrogen-bond acceptors (Lipinski definition) is 4. The standard InChI is InChI=1S/C11H14O3S/c1-11(2)6-13-10(14-7-11)9-4-3-8(5-12)15-9/h3-5,10H,6-7H2,1-2H3. The molecule has 1 fully saturated rings. The minimum absolute atomic E-state index is 0.0846. The largest absolute Gasteiger partial charge is 0.347 e. The lowest BCUT2D eigenvalue weighted by molar-refractivity contribution is -0.224. The number of carbonyl (C=O) groups excluding carboxylic acids is 1. The Bertz CT molecular complexity index is 346. The molecule has 0 amide bonds. The first kappa shape index (κ1) is 10.8. The highest BCUT2D eigenvalue weighted by molar-refractivity contribution is 7.13. The molecule has 1 aromatic rings. The molecule has 0 radical (unpaired) electrons. The Morgan fingerprint density at radius 1 is 1.40 bits per heavy atom. The van der Waals surface area contributed by atoms with Gasteiger partial charge in [0.1, 0.15) is 0 Å². The zero-order valence-electron chi connectivity index (χ0n) is 8.86. The highest BCUT2D eigenvalue weighted by Gasteiger charge is 2.29.